The lowest BCUT2D eigenvalue weighted by atomic mass is 10.2. The molecule has 1 heterocycles. The summed E-state index contributed by atoms with van der Waals surface area (Å²) in [6, 6.07) is 1.97. The zero-order valence-electron chi connectivity index (χ0n) is 7.11. The average Bonchev–Trinajstić information content (AvgIpc) is 2.62. The monoisotopic (exact) mass is 209 g/mol. The number of hydrogen-bond donors (Lipinski definition) is 0. The quantitative estimate of drug-likeness (QED) is 0.548. The van der Waals surface area contributed by atoms with Gasteiger partial charge in [-0.25, -0.2) is 0 Å². The normalized spacial score (nSPS) is 10.4. The first-order chi connectivity index (χ1) is 7.09. The number of nitro groups is 2. The fourth-order valence-electron chi connectivity index (χ4n) is 1.20. The molecule has 8 heteroatoms. The summed E-state index contributed by atoms with van der Waals surface area (Å²) in [5.41, 5.74) is -0.762. The molecule has 15 heavy (non-hydrogen) atoms. The molecule has 0 aliphatic carbocycles. The van der Waals surface area contributed by atoms with E-state index in [-0.39, 0.29) is 16.7 Å². The molecule has 0 aliphatic heterocycles. The van der Waals surface area contributed by atoms with E-state index in [2.05, 4.69) is 9.68 Å². The molecule has 0 fully saturated rings. The van der Waals surface area contributed by atoms with E-state index >= 15 is 0 Å². The summed E-state index contributed by atoms with van der Waals surface area (Å²) >= 11 is 0. The molecule has 0 amide bonds. The molecule has 0 N–H and O–H groups in total. The third kappa shape index (κ3) is 1.37. The topological polar surface area (TPSA) is 112 Å². The fraction of sp³-hybridized carbons (Fsp3) is 0. The van der Waals surface area contributed by atoms with Gasteiger partial charge in [-0.3, -0.25) is 20.2 Å². The molecule has 8 nitrogen and oxygen atoms in total. The maximum absolute atomic E-state index is 10.6. The van der Waals surface area contributed by atoms with Gasteiger partial charge in [-0.05, 0) is 0 Å². The van der Waals surface area contributed by atoms with Crippen LogP contribution < -0.4 is 0 Å². The van der Waals surface area contributed by atoms with Crippen LogP contribution in [0.1, 0.15) is 0 Å². The van der Waals surface area contributed by atoms with E-state index in [0.29, 0.717) is 0 Å². The van der Waals surface area contributed by atoms with Crippen molar-refractivity contribution in [2.24, 2.45) is 0 Å². The van der Waals surface area contributed by atoms with Gasteiger partial charge in [0.25, 0.3) is 11.4 Å². The van der Waals surface area contributed by atoms with Gasteiger partial charge in [0, 0.05) is 0 Å². The summed E-state index contributed by atoms with van der Waals surface area (Å²) < 4.78 is 4.64. The maximum atomic E-state index is 10.6. The third-order valence-electron chi connectivity index (χ3n) is 1.85. The smallest absolute Gasteiger partial charge is 0.289 e. The van der Waals surface area contributed by atoms with E-state index in [1.54, 1.807) is 0 Å². The number of nitro benzene ring substituents is 2. The molecule has 76 valence electrons. The predicted octanol–water partition coefficient (Wildman–Crippen LogP) is 1.64. The van der Waals surface area contributed by atoms with Crippen molar-refractivity contribution < 1.29 is 14.4 Å². The minimum Gasteiger partial charge on any atom is -0.356 e. The Morgan fingerprint density at radius 2 is 1.93 bits per heavy atom. The van der Waals surface area contributed by atoms with Gasteiger partial charge < -0.3 is 4.52 Å². The van der Waals surface area contributed by atoms with Crippen LogP contribution in [-0.2, 0) is 0 Å². The second-order valence-corrected chi connectivity index (χ2v) is 2.72. The number of rotatable bonds is 2. The van der Waals surface area contributed by atoms with Gasteiger partial charge in [-0.15, -0.1) is 0 Å². The van der Waals surface area contributed by atoms with Crippen LogP contribution in [0.3, 0.4) is 0 Å². The molecule has 1 aromatic carbocycles. The molecular formula is C7H3N3O5. The number of hydrogen-bond acceptors (Lipinski definition) is 6. The van der Waals surface area contributed by atoms with Crippen molar-refractivity contribution in [1.29, 1.82) is 0 Å². The highest BCUT2D eigenvalue weighted by molar-refractivity contribution is 5.88. The molecule has 0 spiro atoms. The Balaban J connectivity index is 2.80. The van der Waals surface area contributed by atoms with Crippen molar-refractivity contribution in [1.82, 2.24) is 5.16 Å². The molecule has 0 saturated carbocycles. The van der Waals surface area contributed by atoms with Crippen LogP contribution in [0, 0.1) is 20.2 Å². The molecule has 0 atom stereocenters. The zero-order chi connectivity index (χ0) is 11.0. The lowest BCUT2D eigenvalue weighted by Crippen LogP contribution is -1.92. The first-order valence-electron chi connectivity index (χ1n) is 3.77. The van der Waals surface area contributed by atoms with E-state index in [9.17, 15) is 20.2 Å². The minimum atomic E-state index is -0.727. The molecular weight excluding hydrogens is 206 g/mol. The highest BCUT2D eigenvalue weighted by atomic mass is 16.6. The Labute approximate surface area is 81.4 Å². The largest absolute Gasteiger partial charge is 0.356 e. The summed E-state index contributed by atoms with van der Waals surface area (Å²) in [6.07, 6.45) is 1.15. The Morgan fingerprint density at radius 3 is 2.53 bits per heavy atom. The van der Waals surface area contributed by atoms with Crippen molar-refractivity contribution in [3.05, 3.63) is 38.6 Å². The standard InChI is InChI=1S/C7H3N3O5/c11-9(12)4-1-6(10(13)14)5-3-8-15-7(5)2-4/h1-3H. The molecule has 0 unspecified atom stereocenters. The number of nitrogens with zero attached hydrogens (tertiary/aromatic N) is 3. The van der Waals surface area contributed by atoms with Gasteiger partial charge in [-0.1, -0.05) is 5.16 Å². The van der Waals surface area contributed by atoms with Crippen LogP contribution in [0.4, 0.5) is 11.4 Å². The summed E-state index contributed by atoms with van der Waals surface area (Å²) in [7, 11) is 0. The summed E-state index contributed by atoms with van der Waals surface area (Å²) in [6.45, 7) is 0. The lowest BCUT2D eigenvalue weighted by molar-refractivity contribution is -0.393. The van der Waals surface area contributed by atoms with Crippen LogP contribution in [0.15, 0.2) is 22.9 Å². The van der Waals surface area contributed by atoms with Crippen LogP contribution in [0.5, 0.6) is 0 Å². The van der Waals surface area contributed by atoms with Gasteiger partial charge in [0.2, 0.25) is 0 Å². The molecule has 0 radical (unpaired) electrons. The molecule has 0 aliphatic rings. The van der Waals surface area contributed by atoms with E-state index in [1.807, 2.05) is 0 Å². The van der Waals surface area contributed by atoms with Gasteiger partial charge in [0.1, 0.15) is 5.39 Å². The Kier molecular flexibility index (Phi) is 1.82. The number of aromatic nitrogens is 1. The van der Waals surface area contributed by atoms with Crippen LogP contribution >= 0.6 is 0 Å². The first-order valence-corrected chi connectivity index (χ1v) is 3.77. The summed E-state index contributed by atoms with van der Waals surface area (Å²) in [4.78, 5) is 19.6. The molecule has 2 rings (SSSR count). The van der Waals surface area contributed by atoms with Gasteiger partial charge >= 0.3 is 0 Å². The van der Waals surface area contributed by atoms with Crippen LogP contribution in [-0.4, -0.2) is 15.0 Å². The SMILES string of the molecule is O=[N+]([O-])c1cc([N+](=O)[O-])c2cnoc2c1. The van der Waals surface area contributed by atoms with E-state index in [1.165, 1.54) is 0 Å². The average molecular weight is 209 g/mol. The first kappa shape index (κ1) is 9.06. The highest BCUT2D eigenvalue weighted by Gasteiger charge is 2.21. The molecule has 1 aromatic heterocycles. The van der Waals surface area contributed by atoms with Crippen molar-refractivity contribution in [3.63, 3.8) is 0 Å². The molecule has 2 aromatic rings. The maximum Gasteiger partial charge on any atom is 0.289 e. The Hall–Kier alpha value is -2.51. The van der Waals surface area contributed by atoms with Gasteiger partial charge in [0.15, 0.2) is 5.58 Å². The van der Waals surface area contributed by atoms with Gasteiger partial charge in [-0.2, -0.15) is 0 Å². The predicted molar refractivity (Wildman–Crippen MR) is 47.3 cm³/mol. The van der Waals surface area contributed by atoms with Crippen LogP contribution in [0.25, 0.3) is 11.0 Å². The van der Waals surface area contributed by atoms with E-state index < -0.39 is 15.5 Å². The third-order valence-corrected chi connectivity index (χ3v) is 1.85. The Bertz CT molecular complexity index is 561. The van der Waals surface area contributed by atoms with Crippen molar-refractivity contribution in [3.8, 4) is 0 Å². The highest BCUT2D eigenvalue weighted by Crippen LogP contribution is 2.30. The van der Waals surface area contributed by atoms with Crippen molar-refractivity contribution >= 4 is 22.3 Å². The van der Waals surface area contributed by atoms with Gasteiger partial charge in [0.05, 0.1) is 28.2 Å². The number of non-ortho nitro benzene ring substituents is 2. The second kappa shape index (κ2) is 3.01. The van der Waals surface area contributed by atoms with E-state index in [4.69, 9.17) is 0 Å². The zero-order valence-corrected chi connectivity index (χ0v) is 7.11. The fourth-order valence-corrected chi connectivity index (χ4v) is 1.20. The summed E-state index contributed by atoms with van der Waals surface area (Å²) in [5.74, 6) is 0. The molecule has 0 bridgehead atoms. The van der Waals surface area contributed by atoms with E-state index in [0.717, 1.165) is 18.3 Å². The Morgan fingerprint density at radius 1 is 1.20 bits per heavy atom. The van der Waals surface area contributed by atoms with Crippen molar-refractivity contribution in [2.75, 3.05) is 0 Å². The number of fused-ring (bicyclic) bond motifs is 1. The summed E-state index contributed by atoms with van der Waals surface area (Å²) in [5, 5.41) is 24.6. The minimum absolute atomic E-state index is 0.0240. The molecule has 0 saturated heterocycles. The lowest BCUT2D eigenvalue weighted by Gasteiger charge is -1.93. The van der Waals surface area contributed by atoms with Crippen LogP contribution in [0.2, 0.25) is 0 Å². The van der Waals surface area contributed by atoms with Crippen molar-refractivity contribution in [2.45, 2.75) is 0 Å². The second-order valence-electron chi connectivity index (χ2n) is 2.72. The number of benzene rings is 1.